The molecule has 0 radical (unpaired) electrons. The summed E-state index contributed by atoms with van der Waals surface area (Å²) in [6.45, 7) is 6.15. The van der Waals surface area contributed by atoms with Gasteiger partial charge in [-0.15, -0.1) is 0 Å². The molecule has 1 aromatic heterocycles. The van der Waals surface area contributed by atoms with Gasteiger partial charge < -0.3 is 15.7 Å². The third kappa shape index (κ3) is 4.49. The van der Waals surface area contributed by atoms with Gasteiger partial charge in [-0.05, 0) is 46.5 Å². The topological polar surface area (TPSA) is 70.1 Å². The molecule has 0 aromatic carbocycles. The van der Waals surface area contributed by atoms with Crippen molar-refractivity contribution < 1.29 is 5.11 Å². The average molecular weight is 299 g/mol. The fourth-order valence-electron chi connectivity index (χ4n) is 2.35. The highest BCUT2D eigenvalue weighted by Crippen LogP contribution is 2.26. The molecular formula is C14H23ClN4O. The van der Waals surface area contributed by atoms with Gasteiger partial charge in [0.1, 0.15) is 5.02 Å². The van der Waals surface area contributed by atoms with Crippen LogP contribution in [0.5, 0.6) is 0 Å². The van der Waals surface area contributed by atoms with E-state index in [0.717, 1.165) is 25.7 Å². The Balaban J connectivity index is 2.08. The molecule has 2 rings (SSSR count). The number of rotatable bonds is 3. The first kappa shape index (κ1) is 15.3. The van der Waals surface area contributed by atoms with Gasteiger partial charge in [-0.25, -0.2) is 4.98 Å². The van der Waals surface area contributed by atoms with Gasteiger partial charge in [-0.2, -0.15) is 4.98 Å². The number of aromatic nitrogens is 2. The van der Waals surface area contributed by atoms with Crippen LogP contribution in [0.15, 0.2) is 6.20 Å². The van der Waals surface area contributed by atoms with Crippen molar-refractivity contribution in [2.24, 2.45) is 0 Å². The van der Waals surface area contributed by atoms with Crippen LogP contribution in [0.1, 0.15) is 46.5 Å². The minimum absolute atomic E-state index is 0.105. The fraction of sp³-hybridized carbons (Fsp3) is 0.714. The van der Waals surface area contributed by atoms with E-state index in [1.807, 2.05) is 0 Å². The van der Waals surface area contributed by atoms with Crippen molar-refractivity contribution >= 4 is 23.4 Å². The summed E-state index contributed by atoms with van der Waals surface area (Å²) >= 11 is 6.15. The molecule has 0 bridgehead atoms. The smallest absolute Gasteiger partial charge is 0.225 e. The van der Waals surface area contributed by atoms with Crippen LogP contribution < -0.4 is 10.6 Å². The number of halogens is 1. The van der Waals surface area contributed by atoms with Crippen molar-refractivity contribution in [3.63, 3.8) is 0 Å². The maximum atomic E-state index is 9.72. The summed E-state index contributed by atoms with van der Waals surface area (Å²) in [5, 5.41) is 16.8. The lowest BCUT2D eigenvalue weighted by Gasteiger charge is -2.27. The minimum Gasteiger partial charge on any atom is -0.393 e. The Kier molecular flexibility index (Phi) is 4.70. The molecule has 1 aliphatic rings. The molecule has 0 saturated heterocycles. The molecule has 1 heterocycles. The number of nitrogens with one attached hydrogen (secondary N) is 2. The molecule has 112 valence electrons. The molecule has 1 aromatic rings. The third-order valence-corrected chi connectivity index (χ3v) is 3.49. The van der Waals surface area contributed by atoms with Crippen LogP contribution in [-0.4, -0.2) is 32.8 Å². The lowest BCUT2D eigenvalue weighted by molar-refractivity contribution is 0.124. The van der Waals surface area contributed by atoms with E-state index >= 15 is 0 Å². The van der Waals surface area contributed by atoms with Crippen LogP contribution >= 0.6 is 11.6 Å². The van der Waals surface area contributed by atoms with Gasteiger partial charge >= 0.3 is 0 Å². The second-order valence-electron chi connectivity index (χ2n) is 6.43. The zero-order chi connectivity index (χ0) is 14.8. The number of hydrogen-bond acceptors (Lipinski definition) is 5. The van der Waals surface area contributed by atoms with E-state index in [-0.39, 0.29) is 17.7 Å². The first-order valence-corrected chi connectivity index (χ1v) is 7.46. The Morgan fingerprint density at radius 3 is 2.75 bits per heavy atom. The van der Waals surface area contributed by atoms with Gasteiger partial charge in [0.05, 0.1) is 12.3 Å². The molecule has 2 atom stereocenters. The number of aliphatic hydroxyl groups is 1. The highest BCUT2D eigenvalue weighted by molar-refractivity contribution is 6.32. The Bertz CT molecular complexity index is 461. The molecule has 1 saturated carbocycles. The molecular weight excluding hydrogens is 276 g/mol. The van der Waals surface area contributed by atoms with Gasteiger partial charge in [0, 0.05) is 11.6 Å². The Morgan fingerprint density at radius 1 is 1.35 bits per heavy atom. The zero-order valence-electron chi connectivity index (χ0n) is 12.3. The average Bonchev–Trinajstić information content (AvgIpc) is 2.32. The van der Waals surface area contributed by atoms with E-state index in [1.165, 1.54) is 0 Å². The summed E-state index contributed by atoms with van der Waals surface area (Å²) in [5.74, 6) is 1.19. The second kappa shape index (κ2) is 6.14. The van der Waals surface area contributed by atoms with Crippen LogP contribution in [0.2, 0.25) is 5.02 Å². The lowest BCUT2D eigenvalue weighted by Crippen LogP contribution is -2.31. The van der Waals surface area contributed by atoms with Gasteiger partial charge in [0.15, 0.2) is 5.82 Å². The molecule has 2 unspecified atom stereocenters. The second-order valence-corrected chi connectivity index (χ2v) is 6.83. The summed E-state index contributed by atoms with van der Waals surface area (Å²) in [7, 11) is 0. The van der Waals surface area contributed by atoms with Crippen LogP contribution in [0, 0.1) is 0 Å². The van der Waals surface area contributed by atoms with Gasteiger partial charge in [0.25, 0.3) is 0 Å². The van der Waals surface area contributed by atoms with E-state index in [1.54, 1.807) is 6.20 Å². The SMILES string of the molecule is CC(C)(C)Nc1ncc(Cl)c(NC2CCCC(O)C2)n1. The highest BCUT2D eigenvalue weighted by Gasteiger charge is 2.21. The molecule has 1 fully saturated rings. The standard InChI is InChI=1S/C14H23ClN4O/c1-14(2,3)19-13-16-8-11(15)12(18-13)17-9-5-4-6-10(20)7-9/h8-10,20H,4-7H2,1-3H3,(H2,16,17,18,19). The van der Waals surface area contributed by atoms with E-state index in [2.05, 4.69) is 41.4 Å². The molecule has 0 aliphatic heterocycles. The van der Waals surface area contributed by atoms with Crippen molar-refractivity contribution in [1.29, 1.82) is 0 Å². The maximum absolute atomic E-state index is 9.72. The first-order chi connectivity index (χ1) is 9.33. The van der Waals surface area contributed by atoms with E-state index in [4.69, 9.17) is 11.6 Å². The highest BCUT2D eigenvalue weighted by atomic mass is 35.5. The van der Waals surface area contributed by atoms with Crippen molar-refractivity contribution in [2.45, 2.75) is 64.1 Å². The summed E-state index contributed by atoms with van der Waals surface area (Å²) in [4.78, 5) is 8.62. The monoisotopic (exact) mass is 298 g/mol. The van der Waals surface area contributed by atoms with Crippen LogP contribution in [0.25, 0.3) is 0 Å². The lowest BCUT2D eigenvalue weighted by atomic mass is 9.93. The van der Waals surface area contributed by atoms with E-state index < -0.39 is 0 Å². The predicted octanol–water partition coefficient (Wildman–Crippen LogP) is 3.06. The van der Waals surface area contributed by atoms with Crippen LogP contribution in [0.3, 0.4) is 0 Å². The first-order valence-electron chi connectivity index (χ1n) is 7.09. The molecule has 20 heavy (non-hydrogen) atoms. The number of hydrogen-bond donors (Lipinski definition) is 3. The molecule has 0 spiro atoms. The summed E-state index contributed by atoms with van der Waals surface area (Å²) in [6.07, 6.45) is 5.04. The van der Waals surface area contributed by atoms with Crippen molar-refractivity contribution in [2.75, 3.05) is 10.6 Å². The Hall–Kier alpha value is -1.07. The molecule has 5 nitrogen and oxygen atoms in total. The Labute approximate surface area is 125 Å². The Morgan fingerprint density at radius 2 is 2.10 bits per heavy atom. The largest absolute Gasteiger partial charge is 0.393 e. The normalized spacial score (nSPS) is 23.4. The van der Waals surface area contributed by atoms with Crippen molar-refractivity contribution in [1.82, 2.24) is 9.97 Å². The van der Waals surface area contributed by atoms with Gasteiger partial charge in [0.2, 0.25) is 5.95 Å². The molecule has 1 aliphatic carbocycles. The third-order valence-electron chi connectivity index (χ3n) is 3.22. The van der Waals surface area contributed by atoms with Crippen molar-refractivity contribution in [3.05, 3.63) is 11.2 Å². The number of nitrogens with zero attached hydrogens (tertiary/aromatic N) is 2. The minimum atomic E-state index is -0.228. The van der Waals surface area contributed by atoms with E-state index in [0.29, 0.717) is 16.8 Å². The maximum Gasteiger partial charge on any atom is 0.225 e. The quantitative estimate of drug-likeness (QED) is 0.800. The summed E-state index contributed by atoms with van der Waals surface area (Å²) in [6, 6.07) is 0.216. The van der Waals surface area contributed by atoms with Crippen LogP contribution in [0.4, 0.5) is 11.8 Å². The summed E-state index contributed by atoms with van der Waals surface area (Å²) < 4.78 is 0. The molecule has 0 amide bonds. The van der Waals surface area contributed by atoms with Crippen LogP contribution in [-0.2, 0) is 0 Å². The van der Waals surface area contributed by atoms with Gasteiger partial charge in [-0.3, -0.25) is 0 Å². The van der Waals surface area contributed by atoms with Crippen molar-refractivity contribution in [3.8, 4) is 0 Å². The molecule has 3 N–H and O–H groups in total. The predicted molar refractivity (Wildman–Crippen MR) is 82.3 cm³/mol. The van der Waals surface area contributed by atoms with Gasteiger partial charge in [-0.1, -0.05) is 11.6 Å². The number of anilines is 2. The molecule has 6 heteroatoms. The van der Waals surface area contributed by atoms with E-state index in [9.17, 15) is 5.11 Å². The summed E-state index contributed by atoms with van der Waals surface area (Å²) in [5.41, 5.74) is -0.105. The fourth-order valence-corrected chi connectivity index (χ4v) is 2.50. The number of aliphatic hydroxyl groups excluding tert-OH is 1. The zero-order valence-corrected chi connectivity index (χ0v) is 13.0.